The van der Waals surface area contributed by atoms with Gasteiger partial charge in [0, 0.05) is 17.3 Å². The van der Waals surface area contributed by atoms with Gasteiger partial charge >= 0.3 is 0 Å². The second-order valence-corrected chi connectivity index (χ2v) is 6.13. The highest BCUT2D eigenvalue weighted by atomic mass is 35.5. The Morgan fingerprint density at radius 1 is 1.15 bits per heavy atom. The van der Waals surface area contributed by atoms with Gasteiger partial charge in [0.05, 0.1) is 0 Å². The maximum Gasteiger partial charge on any atom is 0.239 e. The van der Waals surface area contributed by atoms with Crippen LogP contribution in [0.15, 0.2) is 24.3 Å². The molecule has 0 heterocycles. The monoisotopic (exact) mass is 296 g/mol. The van der Waals surface area contributed by atoms with Crippen LogP contribution < -0.4 is 10.6 Å². The van der Waals surface area contributed by atoms with Crippen LogP contribution in [-0.4, -0.2) is 18.4 Å². The van der Waals surface area contributed by atoms with E-state index in [4.69, 9.17) is 11.6 Å². The molecule has 0 unspecified atom stereocenters. The molecule has 0 saturated heterocycles. The number of nitrogens with one attached hydrogen (secondary N) is 2. The lowest BCUT2D eigenvalue weighted by Crippen LogP contribution is -2.46. The van der Waals surface area contributed by atoms with Crippen LogP contribution in [0.4, 0.5) is 5.69 Å². The zero-order chi connectivity index (χ0) is 15.3. The third-order valence-electron chi connectivity index (χ3n) is 2.91. The molecule has 0 aromatic heterocycles. The summed E-state index contributed by atoms with van der Waals surface area (Å²) in [7, 11) is 0. The van der Waals surface area contributed by atoms with E-state index in [-0.39, 0.29) is 11.8 Å². The average Bonchev–Trinajstić information content (AvgIpc) is 2.38. The fraction of sp³-hybridized carbons (Fsp3) is 0.467. The molecule has 0 aliphatic carbocycles. The molecule has 0 aliphatic heterocycles. The van der Waals surface area contributed by atoms with Gasteiger partial charge in [-0.1, -0.05) is 25.4 Å². The minimum atomic E-state index is -1.13. The van der Waals surface area contributed by atoms with Crippen molar-refractivity contribution in [2.45, 2.75) is 27.7 Å². The van der Waals surface area contributed by atoms with Crippen LogP contribution in [0.2, 0.25) is 5.02 Å². The van der Waals surface area contributed by atoms with E-state index in [0.717, 1.165) is 0 Å². The fourth-order valence-electron chi connectivity index (χ4n) is 1.44. The van der Waals surface area contributed by atoms with Crippen molar-refractivity contribution in [1.29, 1.82) is 0 Å². The zero-order valence-electron chi connectivity index (χ0n) is 12.3. The lowest BCUT2D eigenvalue weighted by molar-refractivity contribution is -0.138. The van der Waals surface area contributed by atoms with Gasteiger partial charge in [0.2, 0.25) is 11.8 Å². The van der Waals surface area contributed by atoms with Crippen molar-refractivity contribution in [3.63, 3.8) is 0 Å². The van der Waals surface area contributed by atoms with Crippen LogP contribution in [-0.2, 0) is 9.59 Å². The lowest BCUT2D eigenvalue weighted by Gasteiger charge is -2.23. The molecule has 0 radical (unpaired) electrons. The zero-order valence-corrected chi connectivity index (χ0v) is 13.0. The number of carbonyl (C=O) groups excluding carboxylic acids is 2. The van der Waals surface area contributed by atoms with E-state index in [2.05, 4.69) is 10.6 Å². The number of amides is 2. The molecule has 0 fully saturated rings. The first-order chi connectivity index (χ1) is 9.23. The van der Waals surface area contributed by atoms with Crippen molar-refractivity contribution < 1.29 is 9.59 Å². The van der Waals surface area contributed by atoms with Crippen molar-refractivity contribution in [2.24, 2.45) is 11.3 Å². The van der Waals surface area contributed by atoms with Crippen molar-refractivity contribution in [1.82, 2.24) is 5.32 Å². The molecule has 20 heavy (non-hydrogen) atoms. The molecule has 110 valence electrons. The molecule has 1 aromatic carbocycles. The fourth-order valence-corrected chi connectivity index (χ4v) is 1.57. The minimum absolute atomic E-state index is 0.280. The van der Waals surface area contributed by atoms with Crippen molar-refractivity contribution >= 4 is 29.1 Å². The van der Waals surface area contributed by atoms with Crippen LogP contribution >= 0.6 is 11.6 Å². The summed E-state index contributed by atoms with van der Waals surface area (Å²) >= 11 is 5.78. The summed E-state index contributed by atoms with van der Waals surface area (Å²) in [6.45, 7) is 7.76. The van der Waals surface area contributed by atoms with E-state index >= 15 is 0 Å². The first-order valence-corrected chi connectivity index (χ1v) is 6.96. The van der Waals surface area contributed by atoms with Crippen LogP contribution in [0.3, 0.4) is 0 Å². The predicted molar refractivity (Wildman–Crippen MR) is 81.7 cm³/mol. The highest BCUT2D eigenvalue weighted by molar-refractivity contribution is 6.30. The van der Waals surface area contributed by atoms with Gasteiger partial charge in [-0.05, 0) is 44.0 Å². The minimum Gasteiger partial charge on any atom is -0.355 e. The summed E-state index contributed by atoms with van der Waals surface area (Å²) in [6, 6.07) is 6.76. The van der Waals surface area contributed by atoms with E-state index < -0.39 is 5.41 Å². The van der Waals surface area contributed by atoms with Gasteiger partial charge in [0.1, 0.15) is 5.41 Å². The molecule has 0 bridgehead atoms. The summed E-state index contributed by atoms with van der Waals surface area (Å²) in [4.78, 5) is 24.3. The molecule has 4 nitrogen and oxygen atoms in total. The molecule has 1 aromatic rings. The van der Waals surface area contributed by atoms with E-state index in [1.807, 2.05) is 13.8 Å². The average molecular weight is 297 g/mol. The van der Waals surface area contributed by atoms with Gasteiger partial charge in [-0.25, -0.2) is 0 Å². The van der Waals surface area contributed by atoms with Gasteiger partial charge in [-0.2, -0.15) is 0 Å². The third kappa shape index (κ3) is 4.53. The second kappa shape index (κ2) is 6.75. The number of halogens is 1. The van der Waals surface area contributed by atoms with Gasteiger partial charge < -0.3 is 10.6 Å². The first kappa shape index (κ1) is 16.5. The van der Waals surface area contributed by atoms with Crippen LogP contribution in [0.5, 0.6) is 0 Å². The molecule has 0 spiro atoms. The van der Waals surface area contributed by atoms with Crippen molar-refractivity contribution in [3.05, 3.63) is 29.3 Å². The molecule has 2 amide bonds. The number of hydrogen-bond donors (Lipinski definition) is 2. The second-order valence-electron chi connectivity index (χ2n) is 5.69. The number of anilines is 1. The van der Waals surface area contributed by atoms with Gasteiger partial charge in [0.15, 0.2) is 0 Å². The van der Waals surface area contributed by atoms with Gasteiger partial charge in [0.25, 0.3) is 0 Å². The Hall–Kier alpha value is -1.55. The van der Waals surface area contributed by atoms with E-state index in [1.54, 1.807) is 38.1 Å². The summed E-state index contributed by atoms with van der Waals surface area (Å²) < 4.78 is 0. The number of benzene rings is 1. The molecule has 0 aliphatic rings. The summed E-state index contributed by atoms with van der Waals surface area (Å²) in [6.07, 6.45) is 0. The van der Waals surface area contributed by atoms with E-state index in [9.17, 15) is 9.59 Å². The van der Waals surface area contributed by atoms with E-state index in [0.29, 0.717) is 23.2 Å². The number of carbonyl (C=O) groups is 2. The largest absolute Gasteiger partial charge is 0.355 e. The lowest BCUT2D eigenvalue weighted by atomic mass is 9.90. The third-order valence-corrected chi connectivity index (χ3v) is 3.16. The summed E-state index contributed by atoms with van der Waals surface area (Å²) in [5, 5.41) is 6.09. The Balaban J connectivity index is 2.68. The Labute approximate surface area is 124 Å². The maximum atomic E-state index is 12.2. The molecule has 0 saturated carbocycles. The highest BCUT2D eigenvalue weighted by Gasteiger charge is 2.35. The van der Waals surface area contributed by atoms with Crippen molar-refractivity contribution in [3.8, 4) is 0 Å². The molecule has 5 heteroatoms. The SMILES string of the molecule is CC(C)CNC(=O)C(C)(C)C(=O)Nc1ccc(Cl)cc1. The van der Waals surface area contributed by atoms with Crippen LogP contribution in [0.1, 0.15) is 27.7 Å². The number of hydrogen-bond acceptors (Lipinski definition) is 2. The van der Waals surface area contributed by atoms with Gasteiger partial charge in [-0.3, -0.25) is 9.59 Å². The normalized spacial score (nSPS) is 11.3. The van der Waals surface area contributed by atoms with Crippen molar-refractivity contribution in [2.75, 3.05) is 11.9 Å². The molecule has 1 rings (SSSR count). The smallest absolute Gasteiger partial charge is 0.239 e. The maximum absolute atomic E-state index is 12.2. The summed E-state index contributed by atoms with van der Waals surface area (Å²) in [5.41, 5.74) is -0.515. The quantitative estimate of drug-likeness (QED) is 0.820. The topological polar surface area (TPSA) is 58.2 Å². The Morgan fingerprint density at radius 3 is 2.20 bits per heavy atom. The molecule has 2 N–H and O–H groups in total. The Bertz CT molecular complexity index is 481. The standard InChI is InChI=1S/C15H21ClN2O2/c1-10(2)9-17-13(19)15(3,4)14(20)18-12-7-5-11(16)6-8-12/h5-8,10H,9H2,1-4H3,(H,17,19)(H,18,20). The Morgan fingerprint density at radius 2 is 1.70 bits per heavy atom. The van der Waals surface area contributed by atoms with E-state index in [1.165, 1.54) is 0 Å². The predicted octanol–water partition coefficient (Wildman–Crippen LogP) is 3.08. The van der Waals surface area contributed by atoms with Gasteiger partial charge in [-0.15, -0.1) is 0 Å². The van der Waals surface area contributed by atoms with Crippen LogP contribution in [0.25, 0.3) is 0 Å². The highest BCUT2D eigenvalue weighted by Crippen LogP contribution is 2.20. The molecule has 0 atom stereocenters. The summed E-state index contributed by atoms with van der Waals surface area (Å²) in [5.74, 6) is -0.284. The first-order valence-electron chi connectivity index (χ1n) is 6.59. The Kier molecular flexibility index (Phi) is 5.57. The number of rotatable bonds is 5. The van der Waals surface area contributed by atoms with Crippen LogP contribution in [0, 0.1) is 11.3 Å². The molecular formula is C15H21ClN2O2. The molecular weight excluding hydrogens is 276 g/mol.